The molecule has 0 bridgehead atoms. The summed E-state index contributed by atoms with van der Waals surface area (Å²) in [5.74, 6) is -1.23. The summed E-state index contributed by atoms with van der Waals surface area (Å²) in [6.45, 7) is 3.81. The molecule has 2 rings (SSSR count). The summed E-state index contributed by atoms with van der Waals surface area (Å²) in [6.07, 6.45) is 1.15. The average Bonchev–Trinajstić information content (AvgIpc) is 2.28. The summed E-state index contributed by atoms with van der Waals surface area (Å²) in [5.41, 5.74) is 2.65. The Labute approximate surface area is 106 Å². The molecule has 1 unspecified atom stereocenters. The van der Waals surface area contributed by atoms with Crippen LogP contribution in [0.2, 0.25) is 0 Å². The molecule has 1 heterocycles. The molecule has 0 fully saturated rings. The number of anilines is 1. The third-order valence-electron chi connectivity index (χ3n) is 3.32. The fraction of sp³-hybridized carbons (Fsp3) is 0.429. The SMILES string of the molecule is CC(C)C(C(=O)O)c1ccc2c(c1)CCC(=O)N2. The van der Waals surface area contributed by atoms with Crippen LogP contribution in [0.3, 0.4) is 0 Å². The van der Waals surface area contributed by atoms with E-state index >= 15 is 0 Å². The molecule has 2 N–H and O–H groups in total. The minimum absolute atomic E-state index is 0.0221. The van der Waals surface area contributed by atoms with Crippen LogP contribution in [0, 0.1) is 5.92 Å². The van der Waals surface area contributed by atoms with E-state index in [1.54, 1.807) is 12.1 Å². The first-order valence-electron chi connectivity index (χ1n) is 6.14. The Morgan fingerprint density at radius 2 is 2.06 bits per heavy atom. The van der Waals surface area contributed by atoms with Crippen molar-refractivity contribution in [2.45, 2.75) is 32.6 Å². The predicted molar refractivity (Wildman–Crippen MR) is 68.6 cm³/mol. The molecule has 1 aromatic carbocycles. The van der Waals surface area contributed by atoms with Crippen LogP contribution < -0.4 is 5.32 Å². The van der Waals surface area contributed by atoms with Crippen molar-refractivity contribution in [3.63, 3.8) is 0 Å². The second kappa shape index (κ2) is 4.80. The zero-order chi connectivity index (χ0) is 13.3. The minimum atomic E-state index is -0.801. The zero-order valence-corrected chi connectivity index (χ0v) is 10.6. The van der Waals surface area contributed by atoms with Gasteiger partial charge < -0.3 is 10.4 Å². The van der Waals surface area contributed by atoms with E-state index < -0.39 is 11.9 Å². The molecule has 1 atom stereocenters. The van der Waals surface area contributed by atoms with Crippen molar-refractivity contribution in [1.82, 2.24) is 0 Å². The van der Waals surface area contributed by atoms with Crippen molar-refractivity contribution in [2.24, 2.45) is 5.92 Å². The molecular weight excluding hydrogens is 230 g/mol. The third kappa shape index (κ3) is 2.37. The van der Waals surface area contributed by atoms with Gasteiger partial charge in [0, 0.05) is 12.1 Å². The van der Waals surface area contributed by atoms with Crippen LogP contribution in [0.1, 0.15) is 37.3 Å². The van der Waals surface area contributed by atoms with Gasteiger partial charge in [-0.15, -0.1) is 0 Å². The summed E-state index contributed by atoms with van der Waals surface area (Å²) in [5, 5.41) is 12.1. The smallest absolute Gasteiger partial charge is 0.311 e. The van der Waals surface area contributed by atoms with Crippen molar-refractivity contribution < 1.29 is 14.7 Å². The van der Waals surface area contributed by atoms with E-state index in [0.717, 1.165) is 16.8 Å². The number of carboxylic acid groups (broad SMARTS) is 1. The molecule has 4 heteroatoms. The number of carbonyl (C=O) groups excluding carboxylic acids is 1. The quantitative estimate of drug-likeness (QED) is 0.861. The number of aryl methyl sites for hydroxylation is 1. The van der Waals surface area contributed by atoms with E-state index in [-0.39, 0.29) is 11.8 Å². The lowest BCUT2D eigenvalue weighted by molar-refractivity contribution is -0.139. The molecule has 1 aliphatic heterocycles. The summed E-state index contributed by atoms with van der Waals surface area (Å²) in [6, 6.07) is 5.51. The van der Waals surface area contributed by atoms with Crippen LogP contribution in [0.15, 0.2) is 18.2 Å². The standard InChI is InChI=1S/C14H17NO3/c1-8(2)13(14(17)18)10-3-5-11-9(7-10)4-6-12(16)15-11/h3,5,7-8,13H,4,6H2,1-2H3,(H,15,16)(H,17,18). The molecule has 0 aliphatic carbocycles. The van der Waals surface area contributed by atoms with Crippen LogP contribution in [-0.4, -0.2) is 17.0 Å². The minimum Gasteiger partial charge on any atom is -0.481 e. The molecule has 0 radical (unpaired) electrons. The van der Waals surface area contributed by atoms with Crippen LogP contribution in [0.4, 0.5) is 5.69 Å². The Balaban J connectivity index is 2.36. The molecular formula is C14H17NO3. The predicted octanol–water partition coefficient (Wildman–Crippen LogP) is 2.40. The van der Waals surface area contributed by atoms with Crippen molar-refractivity contribution in [3.05, 3.63) is 29.3 Å². The molecule has 0 spiro atoms. The maximum absolute atomic E-state index is 11.3. The van der Waals surface area contributed by atoms with Gasteiger partial charge in [0.25, 0.3) is 0 Å². The number of fused-ring (bicyclic) bond motifs is 1. The second-order valence-corrected chi connectivity index (χ2v) is 5.02. The first kappa shape index (κ1) is 12.6. The monoisotopic (exact) mass is 247 g/mol. The number of hydrogen-bond acceptors (Lipinski definition) is 2. The highest BCUT2D eigenvalue weighted by Gasteiger charge is 2.25. The van der Waals surface area contributed by atoms with Gasteiger partial charge in [-0.1, -0.05) is 26.0 Å². The van der Waals surface area contributed by atoms with E-state index in [1.165, 1.54) is 0 Å². The largest absolute Gasteiger partial charge is 0.481 e. The van der Waals surface area contributed by atoms with Gasteiger partial charge in [-0.3, -0.25) is 9.59 Å². The Morgan fingerprint density at radius 1 is 1.33 bits per heavy atom. The maximum atomic E-state index is 11.3. The average molecular weight is 247 g/mol. The lowest BCUT2D eigenvalue weighted by atomic mass is 9.86. The molecule has 0 saturated heterocycles. The fourth-order valence-electron chi connectivity index (χ4n) is 2.41. The first-order chi connectivity index (χ1) is 8.49. The molecule has 4 nitrogen and oxygen atoms in total. The first-order valence-corrected chi connectivity index (χ1v) is 6.14. The lowest BCUT2D eigenvalue weighted by Gasteiger charge is -2.21. The Bertz CT molecular complexity index is 494. The number of carbonyl (C=O) groups is 2. The second-order valence-electron chi connectivity index (χ2n) is 5.02. The Hall–Kier alpha value is -1.84. The van der Waals surface area contributed by atoms with E-state index in [2.05, 4.69) is 5.32 Å². The highest BCUT2D eigenvalue weighted by atomic mass is 16.4. The van der Waals surface area contributed by atoms with Gasteiger partial charge in [-0.2, -0.15) is 0 Å². The summed E-state index contributed by atoms with van der Waals surface area (Å²) in [4.78, 5) is 22.5. The normalized spacial score (nSPS) is 16.1. The van der Waals surface area contributed by atoms with Gasteiger partial charge in [-0.05, 0) is 29.5 Å². The Kier molecular flexibility index (Phi) is 3.36. The highest BCUT2D eigenvalue weighted by Crippen LogP contribution is 2.30. The third-order valence-corrected chi connectivity index (χ3v) is 3.32. The number of hydrogen-bond donors (Lipinski definition) is 2. The highest BCUT2D eigenvalue weighted by molar-refractivity contribution is 5.94. The van der Waals surface area contributed by atoms with Gasteiger partial charge in [0.2, 0.25) is 5.91 Å². The maximum Gasteiger partial charge on any atom is 0.311 e. The van der Waals surface area contributed by atoms with E-state index in [0.29, 0.717) is 12.8 Å². The van der Waals surface area contributed by atoms with Crippen molar-refractivity contribution >= 4 is 17.6 Å². The molecule has 0 saturated carbocycles. The molecule has 1 aliphatic rings. The lowest BCUT2D eigenvalue weighted by Crippen LogP contribution is -2.21. The van der Waals surface area contributed by atoms with Crippen LogP contribution >= 0.6 is 0 Å². The van der Waals surface area contributed by atoms with Gasteiger partial charge in [0.15, 0.2) is 0 Å². The molecule has 0 aromatic heterocycles. The summed E-state index contributed by atoms with van der Waals surface area (Å²) < 4.78 is 0. The van der Waals surface area contributed by atoms with Crippen molar-refractivity contribution in [3.8, 4) is 0 Å². The van der Waals surface area contributed by atoms with Crippen LogP contribution in [0.5, 0.6) is 0 Å². The number of carboxylic acids is 1. The number of nitrogens with one attached hydrogen (secondary N) is 1. The number of aliphatic carboxylic acids is 1. The Morgan fingerprint density at radius 3 is 2.67 bits per heavy atom. The van der Waals surface area contributed by atoms with Crippen LogP contribution in [0.25, 0.3) is 0 Å². The molecule has 1 amide bonds. The molecule has 18 heavy (non-hydrogen) atoms. The van der Waals surface area contributed by atoms with Crippen molar-refractivity contribution in [2.75, 3.05) is 5.32 Å². The van der Waals surface area contributed by atoms with Gasteiger partial charge >= 0.3 is 5.97 Å². The topological polar surface area (TPSA) is 66.4 Å². The summed E-state index contributed by atoms with van der Waals surface area (Å²) in [7, 11) is 0. The number of rotatable bonds is 3. The van der Waals surface area contributed by atoms with E-state index in [1.807, 2.05) is 19.9 Å². The number of amides is 1. The van der Waals surface area contributed by atoms with Crippen molar-refractivity contribution in [1.29, 1.82) is 0 Å². The summed E-state index contributed by atoms with van der Waals surface area (Å²) >= 11 is 0. The number of benzene rings is 1. The van der Waals surface area contributed by atoms with Crippen LogP contribution in [-0.2, 0) is 16.0 Å². The molecule has 1 aromatic rings. The van der Waals surface area contributed by atoms with Gasteiger partial charge in [0.1, 0.15) is 0 Å². The fourth-order valence-corrected chi connectivity index (χ4v) is 2.41. The zero-order valence-electron chi connectivity index (χ0n) is 10.6. The van der Waals surface area contributed by atoms with Gasteiger partial charge in [0.05, 0.1) is 5.92 Å². The van der Waals surface area contributed by atoms with E-state index in [4.69, 9.17) is 0 Å². The van der Waals surface area contributed by atoms with E-state index in [9.17, 15) is 14.7 Å². The molecule has 96 valence electrons. The van der Waals surface area contributed by atoms with Gasteiger partial charge in [-0.25, -0.2) is 0 Å².